The van der Waals surface area contributed by atoms with E-state index in [0.717, 1.165) is 5.56 Å². The molecule has 0 heterocycles. The molecule has 1 N–H and O–H groups in total. The zero-order valence-corrected chi connectivity index (χ0v) is 14.9. The Hall–Kier alpha value is -2.04. The Labute approximate surface area is 151 Å². The summed E-state index contributed by atoms with van der Waals surface area (Å²) in [4.78, 5) is 26.3. The molecule has 0 aliphatic carbocycles. The fraction of sp³-hybridized carbons (Fsp3) is 0.222. The van der Waals surface area contributed by atoms with E-state index in [1.807, 2.05) is 44.2 Å². The minimum atomic E-state index is -0.733. The molecule has 0 saturated carbocycles. The summed E-state index contributed by atoms with van der Waals surface area (Å²) in [7, 11) is 0. The largest absolute Gasteiger partial charge is 0.328 e. The van der Waals surface area contributed by atoms with Gasteiger partial charge in [-0.1, -0.05) is 53.5 Å². The Morgan fingerprint density at radius 2 is 1.75 bits per heavy atom. The molecule has 0 spiro atoms. The molecular weight excluding hydrogens is 347 g/mol. The van der Waals surface area contributed by atoms with Crippen LogP contribution in [-0.4, -0.2) is 22.8 Å². The molecule has 0 saturated heterocycles. The number of rotatable bonds is 4. The Kier molecular flexibility index (Phi) is 6.23. The molecule has 0 unspecified atom stereocenters. The average molecular weight is 365 g/mol. The van der Waals surface area contributed by atoms with Crippen molar-refractivity contribution in [1.82, 2.24) is 4.90 Å². The van der Waals surface area contributed by atoms with Crippen LogP contribution in [0, 0.1) is 0 Å². The van der Waals surface area contributed by atoms with Crippen LogP contribution in [0.5, 0.6) is 0 Å². The van der Waals surface area contributed by atoms with Crippen molar-refractivity contribution in [3.63, 3.8) is 0 Å². The number of halogens is 2. The Bertz CT molecular complexity index is 733. The summed E-state index contributed by atoms with van der Waals surface area (Å²) in [5.74, 6) is -1.34. The van der Waals surface area contributed by atoms with Crippen LogP contribution in [0.4, 0.5) is 5.69 Å². The van der Waals surface area contributed by atoms with Gasteiger partial charge in [-0.25, -0.2) is 0 Å². The van der Waals surface area contributed by atoms with Gasteiger partial charge in [-0.3, -0.25) is 9.59 Å². The van der Waals surface area contributed by atoms with Crippen LogP contribution >= 0.6 is 23.2 Å². The molecule has 0 aliphatic rings. The highest BCUT2D eigenvalue weighted by Crippen LogP contribution is 2.25. The van der Waals surface area contributed by atoms with Crippen molar-refractivity contribution in [3.05, 3.63) is 64.1 Å². The van der Waals surface area contributed by atoms with Gasteiger partial charge in [0.05, 0.1) is 10.7 Å². The second-order valence-corrected chi connectivity index (χ2v) is 6.43. The molecule has 126 valence electrons. The second-order valence-electron chi connectivity index (χ2n) is 5.59. The standard InChI is InChI=1S/C18H18Cl2N2O2/c1-12(2)22(11-13-6-4-3-5-7-13)18(24)17(23)21-16-9-8-14(19)10-15(16)20/h3-10,12H,11H2,1-2H3,(H,21,23). The van der Waals surface area contributed by atoms with Crippen molar-refractivity contribution in [3.8, 4) is 0 Å². The Morgan fingerprint density at radius 1 is 1.08 bits per heavy atom. The zero-order chi connectivity index (χ0) is 17.7. The van der Waals surface area contributed by atoms with Crippen molar-refractivity contribution < 1.29 is 9.59 Å². The summed E-state index contributed by atoms with van der Waals surface area (Å²) < 4.78 is 0. The van der Waals surface area contributed by atoms with Crippen molar-refractivity contribution >= 4 is 40.7 Å². The Balaban J connectivity index is 2.12. The van der Waals surface area contributed by atoms with Gasteiger partial charge in [-0.2, -0.15) is 0 Å². The van der Waals surface area contributed by atoms with Crippen LogP contribution in [0.15, 0.2) is 48.5 Å². The topological polar surface area (TPSA) is 49.4 Å². The molecule has 4 nitrogen and oxygen atoms in total. The quantitative estimate of drug-likeness (QED) is 0.818. The molecule has 24 heavy (non-hydrogen) atoms. The summed E-state index contributed by atoms with van der Waals surface area (Å²) in [6, 6.07) is 14.1. The number of anilines is 1. The summed E-state index contributed by atoms with van der Waals surface area (Å²) in [6.07, 6.45) is 0. The first-order chi connectivity index (χ1) is 11.4. The fourth-order valence-electron chi connectivity index (χ4n) is 2.17. The van der Waals surface area contributed by atoms with Gasteiger partial charge in [0, 0.05) is 17.6 Å². The first-order valence-corrected chi connectivity index (χ1v) is 8.25. The number of hydrogen-bond donors (Lipinski definition) is 1. The third kappa shape index (κ3) is 4.73. The third-order valence-electron chi connectivity index (χ3n) is 3.45. The third-order valence-corrected chi connectivity index (χ3v) is 4.00. The highest BCUT2D eigenvalue weighted by Gasteiger charge is 2.25. The summed E-state index contributed by atoms with van der Waals surface area (Å²) in [6.45, 7) is 4.09. The molecule has 2 amide bonds. The van der Waals surface area contributed by atoms with Gasteiger partial charge in [-0.05, 0) is 37.6 Å². The number of carbonyl (C=O) groups excluding carboxylic acids is 2. The van der Waals surface area contributed by atoms with Gasteiger partial charge in [0.1, 0.15) is 0 Å². The number of nitrogens with zero attached hydrogens (tertiary/aromatic N) is 1. The lowest BCUT2D eigenvalue weighted by atomic mass is 10.2. The van der Waals surface area contributed by atoms with Crippen LogP contribution in [0.1, 0.15) is 19.4 Å². The first-order valence-electron chi connectivity index (χ1n) is 7.49. The van der Waals surface area contributed by atoms with E-state index in [4.69, 9.17) is 23.2 Å². The lowest BCUT2D eigenvalue weighted by Crippen LogP contribution is -2.43. The van der Waals surface area contributed by atoms with Crippen LogP contribution in [0.25, 0.3) is 0 Å². The van der Waals surface area contributed by atoms with Crippen molar-refractivity contribution in [1.29, 1.82) is 0 Å². The van der Waals surface area contributed by atoms with Gasteiger partial charge >= 0.3 is 11.8 Å². The maximum atomic E-state index is 12.5. The van der Waals surface area contributed by atoms with Crippen LogP contribution in [0.2, 0.25) is 10.0 Å². The summed E-state index contributed by atoms with van der Waals surface area (Å²) in [5, 5.41) is 3.27. The second kappa shape index (κ2) is 8.18. The van der Waals surface area contributed by atoms with Crippen LogP contribution in [0.3, 0.4) is 0 Å². The normalized spacial score (nSPS) is 10.5. The minimum absolute atomic E-state index is 0.121. The molecule has 6 heteroatoms. The average Bonchev–Trinajstić information content (AvgIpc) is 2.55. The van der Waals surface area contributed by atoms with Crippen LogP contribution in [-0.2, 0) is 16.1 Å². The molecular formula is C18H18Cl2N2O2. The predicted molar refractivity (Wildman–Crippen MR) is 97.2 cm³/mol. The summed E-state index contributed by atoms with van der Waals surface area (Å²) >= 11 is 11.9. The van der Waals surface area contributed by atoms with Crippen molar-refractivity contribution in [2.24, 2.45) is 0 Å². The number of nitrogens with one attached hydrogen (secondary N) is 1. The summed E-state index contributed by atoms with van der Waals surface area (Å²) in [5.41, 5.74) is 1.31. The molecule has 0 atom stereocenters. The van der Waals surface area contributed by atoms with E-state index in [0.29, 0.717) is 17.3 Å². The molecule has 0 fully saturated rings. The van der Waals surface area contributed by atoms with E-state index >= 15 is 0 Å². The molecule has 0 aliphatic heterocycles. The van der Waals surface area contributed by atoms with Gasteiger partial charge in [0.25, 0.3) is 0 Å². The molecule has 0 aromatic heterocycles. The number of hydrogen-bond acceptors (Lipinski definition) is 2. The monoisotopic (exact) mass is 364 g/mol. The molecule has 2 aromatic rings. The van der Waals surface area contributed by atoms with Gasteiger partial charge in [0.15, 0.2) is 0 Å². The maximum Gasteiger partial charge on any atom is 0.313 e. The van der Waals surface area contributed by atoms with E-state index in [1.54, 1.807) is 12.1 Å². The first kappa shape index (κ1) is 18.3. The van der Waals surface area contributed by atoms with Crippen molar-refractivity contribution in [2.45, 2.75) is 26.4 Å². The van der Waals surface area contributed by atoms with E-state index in [1.165, 1.54) is 11.0 Å². The maximum absolute atomic E-state index is 12.5. The van der Waals surface area contributed by atoms with Gasteiger partial charge in [-0.15, -0.1) is 0 Å². The number of amides is 2. The Morgan fingerprint density at radius 3 is 2.33 bits per heavy atom. The smallest absolute Gasteiger partial charge is 0.313 e. The van der Waals surface area contributed by atoms with E-state index in [-0.39, 0.29) is 11.1 Å². The lowest BCUT2D eigenvalue weighted by Gasteiger charge is -2.26. The molecule has 2 rings (SSSR count). The zero-order valence-electron chi connectivity index (χ0n) is 13.4. The number of benzene rings is 2. The van der Waals surface area contributed by atoms with Crippen molar-refractivity contribution in [2.75, 3.05) is 5.32 Å². The highest BCUT2D eigenvalue weighted by molar-refractivity contribution is 6.42. The van der Waals surface area contributed by atoms with Gasteiger partial charge < -0.3 is 10.2 Å². The fourth-order valence-corrected chi connectivity index (χ4v) is 2.62. The van der Waals surface area contributed by atoms with Crippen LogP contribution < -0.4 is 5.32 Å². The van der Waals surface area contributed by atoms with E-state index < -0.39 is 11.8 Å². The SMILES string of the molecule is CC(C)N(Cc1ccccc1)C(=O)C(=O)Nc1ccc(Cl)cc1Cl. The van der Waals surface area contributed by atoms with E-state index in [9.17, 15) is 9.59 Å². The number of carbonyl (C=O) groups is 2. The molecule has 0 radical (unpaired) electrons. The van der Waals surface area contributed by atoms with E-state index in [2.05, 4.69) is 5.32 Å². The predicted octanol–water partition coefficient (Wildman–Crippen LogP) is 4.37. The molecule has 0 bridgehead atoms. The molecule has 2 aromatic carbocycles. The van der Waals surface area contributed by atoms with Gasteiger partial charge in [0.2, 0.25) is 0 Å². The lowest BCUT2D eigenvalue weighted by molar-refractivity contribution is -0.144. The highest BCUT2D eigenvalue weighted by atomic mass is 35.5. The minimum Gasteiger partial charge on any atom is -0.328 e.